The molecular formula is C17H13F3N4O4. The molecular weight excluding hydrogens is 381 g/mol. The van der Waals surface area contributed by atoms with E-state index in [2.05, 4.69) is 15.3 Å². The first kappa shape index (κ1) is 20.4. The smallest absolute Gasteiger partial charge is 0.475 e. The zero-order valence-corrected chi connectivity index (χ0v) is 13.9. The maximum Gasteiger partial charge on any atom is 0.490 e. The van der Waals surface area contributed by atoms with Crippen LogP contribution in [0.2, 0.25) is 0 Å². The van der Waals surface area contributed by atoms with Gasteiger partial charge in [-0.1, -0.05) is 18.2 Å². The maximum atomic E-state index is 12.2. The van der Waals surface area contributed by atoms with E-state index in [0.29, 0.717) is 17.0 Å². The molecule has 0 aliphatic carbocycles. The van der Waals surface area contributed by atoms with Crippen molar-refractivity contribution < 1.29 is 27.9 Å². The number of nitrogens with zero attached hydrogens (tertiary/aromatic N) is 1. The molecule has 0 spiro atoms. The summed E-state index contributed by atoms with van der Waals surface area (Å²) in [6.45, 7) is 0. The molecule has 0 unspecified atom stereocenters. The fourth-order valence-electron chi connectivity index (χ4n) is 1.99. The van der Waals surface area contributed by atoms with Gasteiger partial charge in [-0.15, -0.1) is 0 Å². The summed E-state index contributed by atoms with van der Waals surface area (Å²) < 4.78 is 31.7. The Balaban J connectivity index is 0.000000345. The molecule has 28 heavy (non-hydrogen) atoms. The summed E-state index contributed by atoms with van der Waals surface area (Å²) in [5.41, 5.74) is 6.25. The van der Waals surface area contributed by atoms with Gasteiger partial charge in [0.15, 0.2) is 0 Å². The molecule has 0 saturated carbocycles. The van der Waals surface area contributed by atoms with E-state index >= 15 is 0 Å². The number of carbonyl (C=O) groups excluding carboxylic acids is 1. The van der Waals surface area contributed by atoms with Gasteiger partial charge in [-0.05, 0) is 29.7 Å². The van der Waals surface area contributed by atoms with Crippen LogP contribution in [0.3, 0.4) is 0 Å². The lowest BCUT2D eigenvalue weighted by atomic mass is 10.1. The Hall–Kier alpha value is -3.89. The quantitative estimate of drug-likeness (QED) is 0.527. The summed E-state index contributed by atoms with van der Waals surface area (Å²) >= 11 is 0. The van der Waals surface area contributed by atoms with Crippen LogP contribution in [0.1, 0.15) is 10.4 Å². The van der Waals surface area contributed by atoms with Gasteiger partial charge in [0.25, 0.3) is 11.5 Å². The van der Waals surface area contributed by atoms with Gasteiger partial charge in [-0.2, -0.15) is 13.2 Å². The molecule has 11 heteroatoms. The molecule has 5 N–H and O–H groups in total. The van der Waals surface area contributed by atoms with Crippen LogP contribution in [0.5, 0.6) is 0 Å². The largest absolute Gasteiger partial charge is 0.490 e. The highest BCUT2D eigenvalue weighted by Crippen LogP contribution is 2.13. The first-order chi connectivity index (χ1) is 13.1. The first-order valence-electron chi connectivity index (χ1n) is 7.53. The number of hydrogen-bond donors (Lipinski definition) is 4. The number of aromatic amines is 1. The number of rotatable bonds is 2. The topological polar surface area (TPSA) is 138 Å². The lowest BCUT2D eigenvalue weighted by Gasteiger charge is -2.05. The van der Waals surface area contributed by atoms with Gasteiger partial charge in [-0.25, -0.2) is 9.78 Å². The van der Waals surface area contributed by atoms with Crippen molar-refractivity contribution >= 4 is 34.3 Å². The summed E-state index contributed by atoms with van der Waals surface area (Å²) in [5.74, 6) is -2.89. The highest BCUT2D eigenvalue weighted by Gasteiger charge is 2.38. The van der Waals surface area contributed by atoms with Crippen molar-refractivity contribution in [2.75, 3.05) is 11.1 Å². The number of carboxylic acids is 1. The molecule has 2 aromatic heterocycles. The number of anilines is 2. The van der Waals surface area contributed by atoms with Crippen LogP contribution in [0, 0.1) is 0 Å². The van der Waals surface area contributed by atoms with Gasteiger partial charge in [0, 0.05) is 5.52 Å². The van der Waals surface area contributed by atoms with Gasteiger partial charge in [0.05, 0.1) is 11.9 Å². The molecule has 0 atom stereocenters. The minimum Gasteiger partial charge on any atom is -0.475 e. The van der Waals surface area contributed by atoms with E-state index in [9.17, 15) is 22.8 Å². The van der Waals surface area contributed by atoms with Crippen molar-refractivity contribution in [3.63, 3.8) is 0 Å². The van der Waals surface area contributed by atoms with Gasteiger partial charge in [-0.3, -0.25) is 9.59 Å². The van der Waals surface area contributed by atoms with Crippen LogP contribution in [-0.2, 0) is 4.79 Å². The first-order valence-corrected chi connectivity index (χ1v) is 7.53. The van der Waals surface area contributed by atoms with E-state index in [1.165, 1.54) is 6.20 Å². The molecule has 0 bridgehead atoms. The van der Waals surface area contributed by atoms with Crippen molar-refractivity contribution in [1.29, 1.82) is 0 Å². The molecule has 3 rings (SSSR count). The average Bonchev–Trinajstić information content (AvgIpc) is 2.62. The molecule has 0 saturated heterocycles. The lowest BCUT2D eigenvalue weighted by Crippen LogP contribution is -2.23. The zero-order chi connectivity index (χ0) is 20.9. The molecule has 1 amide bonds. The van der Waals surface area contributed by atoms with E-state index in [-0.39, 0.29) is 5.56 Å². The van der Waals surface area contributed by atoms with Gasteiger partial charge in [0.1, 0.15) is 11.4 Å². The Labute approximate surface area is 154 Å². The third-order valence-corrected chi connectivity index (χ3v) is 3.28. The Morgan fingerprint density at radius 2 is 1.79 bits per heavy atom. The molecule has 3 aromatic rings. The van der Waals surface area contributed by atoms with Gasteiger partial charge >= 0.3 is 12.1 Å². The number of H-pyrrole nitrogens is 1. The number of nitrogens with one attached hydrogen (secondary N) is 2. The normalized spacial score (nSPS) is 10.7. The number of aromatic nitrogens is 2. The number of carboxylic acid groups (broad SMARTS) is 1. The summed E-state index contributed by atoms with van der Waals surface area (Å²) in [5, 5.41) is 10.5. The van der Waals surface area contributed by atoms with Crippen LogP contribution in [0.15, 0.2) is 53.5 Å². The molecule has 0 radical (unpaired) electrons. The number of pyridine rings is 2. The van der Waals surface area contributed by atoms with E-state index in [1.807, 2.05) is 18.2 Å². The van der Waals surface area contributed by atoms with Crippen molar-refractivity contribution in [3.8, 4) is 0 Å². The van der Waals surface area contributed by atoms with Crippen LogP contribution in [0.25, 0.3) is 10.9 Å². The molecule has 146 valence electrons. The van der Waals surface area contributed by atoms with E-state index in [4.69, 9.17) is 15.6 Å². The Bertz CT molecular complexity index is 1060. The summed E-state index contributed by atoms with van der Waals surface area (Å²) in [6, 6.07) is 12.0. The second kappa shape index (κ2) is 8.20. The second-order valence-electron chi connectivity index (χ2n) is 5.33. The van der Waals surface area contributed by atoms with Crippen molar-refractivity contribution in [3.05, 3.63) is 64.6 Å². The number of hydrogen-bond acceptors (Lipinski definition) is 5. The average molecular weight is 394 g/mol. The number of aliphatic carboxylic acids is 1. The Morgan fingerprint density at radius 1 is 1.14 bits per heavy atom. The zero-order valence-electron chi connectivity index (χ0n) is 13.9. The SMILES string of the molecule is Nc1ccc(NC(=O)c2cc3ccccc3[nH]c2=O)cn1.O=C(O)C(F)(F)F. The molecule has 0 fully saturated rings. The van der Waals surface area contributed by atoms with Crippen molar-refractivity contribution in [1.82, 2.24) is 9.97 Å². The molecule has 1 aromatic carbocycles. The standard InChI is InChI=1S/C15H12N4O2.C2HF3O2/c16-13-6-5-10(8-17-13)18-14(20)11-7-9-3-1-2-4-12(9)19-15(11)21;3-2(4,5)1(6)7/h1-8H,(H2,16,17)(H,18,20)(H,19,21);(H,6,7). The predicted molar refractivity (Wildman–Crippen MR) is 94.9 cm³/mol. The van der Waals surface area contributed by atoms with Gasteiger partial charge < -0.3 is 21.1 Å². The molecule has 0 aliphatic heterocycles. The number of amides is 1. The minimum atomic E-state index is -5.08. The second-order valence-corrected chi connectivity index (χ2v) is 5.33. The van der Waals surface area contributed by atoms with Crippen LogP contribution in [-0.4, -0.2) is 33.1 Å². The number of benzene rings is 1. The fraction of sp³-hybridized carbons (Fsp3) is 0.0588. The summed E-state index contributed by atoms with van der Waals surface area (Å²) in [6.07, 6.45) is -3.65. The third kappa shape index (κ3) is 5.30. The van der Waals surface area contributed by atoms with Crippen molar-refractivity contribution in [2.24, 2.45) is 0 Å². The number of fused-ring (bicyclic) bond motifs is 1. The molecule has 0 aliphatic rings. The highest BCUT2D eigenvalue weighted by molar-refractivity contribution is 6.05. The Morgan fingerprint density at radius 3 is 2.36 bits per heavy atom. The predicted octanol–water partition coefficient (Wildman–Crippen LogP) is 2.39. The van der Waals surface area contributed by atoms with Crippen LogP contribution >= 0.6 is 0 Å². The number of nitrogen functional groups attached to an aromatic ring is 1. The van der Waals surface area contributed by atoms with Crippen LogP contribution < -0.4 is 16.6 Å². The molecule has 2 heterocycles. The molecule has 8 nitrogen and oxygen atoms in total. The van der Waals surface area contributed by atoms with Crippen molar-refractivity contribution in [2.45, 2.75) is 6.18 Å². The maximum absolute atomic E-state index is 12.2. The van der Waals surface area contributed by atoms with Crippen LogP contribution in [0.4, 0.5) is 24.7 Å². The van der Waals surface area contributed by atoms with E-state index in [0.717, 1.165) is 5.39 Å². The minimum absolute atomic E-state index is 0.0468. The third-order valence-electron chi connectivity index (χ3n) is 3.28. The lowest BCUT2D eigenvalue weighted by molar-refractivity contribution is -0.192. The van der Waals surface area contributed by atoms with Gasteiger partial charge in [0.2, 0.25) is 0 Å². The number of nitrogens with two attached hydrogens (primary N) is 1. The Kier molecular flexibility index (Phi) is 5.98. The summed E-state index contributed by atoms with van der Waals surface area (Å²) in [4.78, 5) is 39.6. The van der Waals surface area contributed by atoms with E-state index < -0.39 is 23.6 Å². The highest BCUT2D eigenvalue weighted by atomic mass is 19.4. The summed E-state index contributed by atoms with van der Waals surface area (Å²) in [7, 11) is 0. The number of alkyl halides is 3. The number of halogens is 3. The van der Waals surface area contributed by atoms with E-state index in [1.54, 1.807) is 24.3 Å². The monoisotopic (exact) mass is 394 g/mol. The number of para-hydroxylation sites is 1. The fourth-order valence-corrected chi connectivity index (χ4v) is 1.99. The number of carbonyl (C=O) groups is 2.